The van der Waals surface area contributed by atoms with Crippen LogP contribution in [0.4, 0.5) is 15.9 Å². The lowest BCUT2D eigenvalue weighted by molar-refractivity contribution is 0.619. The topological polar surface area (TPSA) is 37.8 Å². The number of aryl methyl sites for hydroxylation is 1. The van der Waals surface area contributed by atoms with Crippen molar-refractivity contribution < 1.29 is 4.39 Å². The van der Waals surface area contributed by atoms with E-state index in [2.05, 4.69) is 31.2 Å². The molecule has 2 aromatic rings. The second-order valence-electron chi connectivity index (χ2n) is 3.42. The van der Waals surface area contributed by atoms with E-state index in [0.717, 1.165) is 5.69 Å². The highest BCUT2D eigenvalue weighted by Gasteiger charge is 2.05. The summed E-state index contributed by atoms with van der Waals surface area (Å²) in [5.74, 6) is 0.298. The van der Waals surface area contributed by atoms with Crippen LogP contribution in [0.2, 0.25) is 5.28 Å². The predicted octanol–water partition coefficient (Wildman–Crippen LogP) is 4.08. The third kappa shape index (κ3) is 2.92. The van der Waals surface area contributed by atoms with Crippen LogP contribution in [0.1, 0.15) is 5.56 Å². The second-order valence-corrected chi connectivity index (χ2v) is 4.62. The molecule has 0 saturated carbocycles. The van der Waals surface area contributed by atoms with Crippen molar-refractivity contribution in [3.8, 4) is 0 Å². The maximum absolute atomic E-state index is 13.1. The van der Waals surface area contributed by atoms with Crippen molar-refractivity contribution in [3.63, 3.8) is 0 Å². The number of aromatic nitrogens is 2. The predicted molar refractivity (Wildman–Crippen MR) is 69.2 cm³/mol. The number of nitrogens with zero attached hydrogens (tertiary/aromatic N) is 2. The van der Waals surface area contributed by atoms with Gasteiger partial charge < -0.3 is 5.32 Å². The highest BCUT2D eigenvalue weighted by molar-refractivity contribution is 9.10. The van der Waals surface area contributed by atoms with E-state index in [1.54, 1.807) is 25.3 Å². The Labute approximate surface area is 111 Å². The Bertz CT molecular complexity index is 562. The van der Waals surface area contributed by atoms with E-state index in [9.17, 15) is 4.39 Å². The molecule has 88 valence electrons. The molecule has 1 N–H and O–H groups in total. The van der Waals surface area contributed by atoms with Crippen LogP contribution in [-0.4, -0.2) is 9.97 Å². The van der Waals surface area contributed by atoms with Gasteiger partial charge in [-0.3, -0.25) is 0 Å². The van der Waals surface area contributed by atoms with Gasteiger partial charge in [-0.2, -0.15) is 4.98 Å². The van der Waals surface area contributed by atoms with E-state index in [1.807, 2.05) is 0 Å². The summed E-state index contributed by atoms with van der Waals surface area (Å²) in [5, 5.41) is 3.18. The average molecular weight is 317 g/mol. The molecule has 0 aliphatic carbocycles. The van der Waals surface area contributed by atoms with Crippen LogP contribution in [0.3, 0.4) is 0 Å². The van der Waals surface area contributed by atoms with Crippen molar-refractivity contribution in [1.82, 2.24) is 9.97 Å². The molecule has 1 heterocycles. The summed E-state index contributed by atoms with van der Waals surface area (Å²) in [6.45, 7) is 1.70. The first-order valence-corrected chi connectivity index (χ1v) is 5.94. The second kappa shape index (κ2) is 4.98. The molecule has 0 aliphatic rings. The first-order valence-electron chi connectivity index (χ1n) is 4.77. The fourth-order valence-electron chi connectivity index (χ4n) is 1.29. The molecule has 0 atom stereocenters. The Hall–Kier alpha value is -1.20. The fraction of sp³-hybridized carbons (Fsp3) is 0.0909. The number of nitrogens with one attached hydrogen (secondary N) is 1. The molecule has 17 heavy (non-hydrogen) atoms. The van der Waals surface area contributed by atoms with Crippen LogP contribution in [-0.2, 0) is 0 Å². The van der Waals surface area contributed by atoms with Gasteiger partial charge in [-0.25, -0.2) is 9.37 Å². The standard InChI is InChI=1S/C11H8BrClFN3/c1-6-4-7(2-3-9(6)14)16-10-8(12)5-15-11(13)17-10/h2-5H,1H3,(H,15,16,17). The highest BCUT2D eigenvalue weighted by Crippen LogP contribution is 2.25. The SMILES string of the molecule is Cc1cc(Nc2nc(Cl)ncc2Br)ccc1F. The highest BCUT2D eigenvalue weighted by atomic mass is 79.9. The van der Waals surface area contributed by atoms with Crippen LogP contribution in [0.25, 0.3) is 0 Å². The monoisotopic (exact) mass is 315 g/mol. The Morgan fingerprint density at radius 2 is 2.18 bits per heavy atom. The first-order chi connectivity index (χ1) is 8.06. The van der Waals surface area contributed by atoms with E-state index in [1.165, 1.54) is 6.07 Å². The summed E-state index contributed by atoms with van der Waals surface area (Å²) in [6.07, 6.45) is 1.55. The van der Waals surface area contributed by atoms with E-state index in [-0.39, 0.29) is 11.1 Å². The van der Waals surface area contributed by atoms with E-state index in [0.29, 0.717) is 15.9 Å². The normalized spacial score (nSPS) is 10.4. The zero-order chi connectivity index (χ0) is 12.4. The lowest BCUT2D eigenvalue weighted by atomic mass is 10.2. The largest absolute Gasteiger partial charge is 0.339 e. The maximum atomic E-state index is 13.1. The average Bonchev–Trinajstić information content (AvgIpc) is 2.29. The van der Waals surface area contributed by atoms with Gasteiger partial charge in [0, 0.05) is 11.9 Å². The summed E-state index contributed by atoms with van der Waals surface area (Å²) < 4.78 is 13.8. The molecular formula is C11H8BrClFN3. The molecule has 0 unspecified atom stereocenters. The van der Waals surface area contributed by atoms with E-state index < -0.39 is 0 Å². The van der Waals surface area contributed by atoms with Crippen molar-refractivity contribution in [3.05, 3.63) is 45.5 Å². The molecule has 0 fully saturated rings. The Morgan fingerprint density at radius 1 is 1.41 bits per heavy atom. The van der Waals surface area contributed by atoms with Crippen molar-refractivity contribution >= 4 is 39.0 Å². The van der Waals surface area contributed by atoms with Crippen LogP contribution in [0.15, 0.2) is 28.9 Å². The summed E-state index contributed by atoms with van der Waals surface area (Å²) in [7, 11) is 0. The summed E-state index contributed by atoms with van der Waals surface area (Å²) in [6, 6.07) is 4.72. The fourth-order valence-corrected chi connectivity index (χ4v) is 1.72. The lowest BCUT2D eigenvalue weighted by Crippen LogP contribution is -1.97. The third-order valence-electron chi connectivity index (χ3n) is 2.14. The number of benzene rings is 1. The van der Waals surface area contributed by atoms with Crippen LogP contribution < -0.4 is 5.32 Å². The number of anilines is 2. The number of halogens is 3. The van der Waals surface area contributed by atoms with Gasteiger partial charge in [-0.1, -0.05) is 0 Å². The molecule has 0 saturated heterocycles. The molecule has 1 aromatic heterocycles. The zero-order valence-electron chi connectivity index (χ0n) is 8.84. The van der Waals surface area contributed by atoms with Crippen molar-refractivity contribution in [2.75, 3.05) is 5.32 Å². The Kier molecular flexibility index (Phi) is 3.59. The van der Waals surface area contributed by atoms with Crippen molar-refractivity contribution in [2.45, 2.75) is 6.92 Å². The van der Waals surface area contributed by atoms with Crippen molar-refractivity contribution in [1.29, 1.82) is 0 Å². The number of hydrogen-bond acceptors (Lipinski definition) is 3. The third-order valence-corrected chi connectivity index (χ3v) is 2.90. The minimum absolute atomic E-state index is 0.148. The minimum Gasteiger partial charge on any atom is -0.339 e. The van der Waals surface area contributed by atoms with E-state index in [4.69, 9.17) is 11.6 Å². The number of rotatable bonds is 2. The summed E-state index contributed by atoms with van der Waals surface area (Å²) in [4.78, 5) is 7.84. The van der Waals surface area contributed by atoms with Gasteiger partial charge in [0.05, 0.1) is 4.47 Å². The van der Waals surface area contributed by atoms with Gasteiger partial charge >= 0.3 is 0 Å². The lowest BCUT2D eigenvalue weighted by Gasteiger charge is -2.08. The van der Waals surface area contributed by atoms with Gasteiger partial charge in [-0.15, -0.1) is 0 Å². The summed E-state index contributed by atoms with van der Waals surface area (Å²) >= 11 is 9.00. The van der Waals surface area contributed by atoms with Crippen LogP contribution in [0.5, 0.6) is 0 Å². The molecule has 6 heteroatoms. The van der Waals surface area contributed by atoms with Gasteiger partial charge in [-0.05, 0) is 58.2 Å². The Balaban J connectivity index is 2.31. The molecule has 0 aliphatic heterocycles. The molecular weight excluding hydrogens is 308 g/mol. The minimum atomic E-state index is -0.240. The molecule has 0 amide bonds. The quantitative estimate of drug-likeness (QED) is 0.848. The van der Waals surface area contributed by atoms with E-state index >= 15 is 0 Å². The molecule has 1 aromatic carbocycles. The smallest absolute Gasteiger partial charge is 0.224 e. The van der Waals surface area contributed by atoms with Gasteiger partial charge in [0.15, 0.2) is 0 Å². The van der Waals surface area contributed by atoms with Crippen LogP contribution in [0, 0.1) is 12.7 Å². The van der Waals surface area contributed by atoms with Crippen LogP contribution >= 0.6 is 27.5 Å². The zero-order valence-corrected chi connectivity index (χ0v) is 11.2. The molecule has 0 bridgehead atoms. The Morgan fingerprint density at radius 3 is 2.88 bits per heavy atom. The molecule has 2 rings (SSSR count). The van der Waals surface area contributed by atoms with Gasteiger partial charge in [0.25, 0.3) is 0 Å². The summed E-state index contributed by atoms with van der Waals surface area (Å²) in [5.41, 5.74) is 1.30. The molecule has 0 radical (unpaired) electrons. The van der Waals surface area contributed by atoms with Gasteiger partial charge in [0.2, 0.25) is 5.28 Å². The number of hydrogen-bond donors (Lipinski definition) is 1. The maximum Gasteiger partial charge on any atom is 0.224 e. The van der Waals surface area contributed by atoms with Gasteiger partial charge in [0.1, 0.15) is 11.6 Å². The molecule has 3 nitrogen and oxygen atoms in total. The van der Waals surface area contributed by atoms with Crippen molar-refractivity contribution in [2.24, 2.45) is 0 Å². The molecule has 0 spiro atoms. The first kappa shape index (κ1) is 12.3.